The van der Waals surface area contributed by atoms with Gasteiger partial charge in [-0.2, -0.15) is 18.8 Å². The van der Waals surface area contributed by atoms with Crippen molar-refractivity contribution in [2.24, 2.45) is 42.9 Å². The second kappa shape index (κ2) is 11.9. The van der Waals surface area contributed by atoms with E-state index in [1.807, 2.05) is 6.26 Å². The molecule has 16 nitrogen and oxygen atoms in total. The quantitative estimate of drug-likeness (QED) is 0.136. The van der Waals surface area contributed by atoms with Crippen molar-refractivity contribution in [1.82, 2.24) is 23.5 Å². The van der Waals surface area contributed by atoms with E-state index in [2.05, 4.69) is 49.5 Å². The van der Waals surface area contributed by atoms with Gasteiger partial charge in [-0.25, -0.2) is 18.2 Å². The maximum Gasteiger partial charge on any atom is 0.250 e. The molecular formula is C22H21N13O3S4. The van der Waals surface area contributed by atoms with Crippen LogP contribution >= 0.6 is 34.8 Å². The van der Waals surface area contributed by atoms with Crippen LogP contribution in [0.5, 0.6) is 5.75 Å². The van der Waals surface area contributed by atoms with Crippen molar-refractivity contribution in [3.63, 3.8) is 0 Å². The number of fused-ring (bicyclic) bond motifs is 1. The molecular weight excluding hydrogens is 623 g/mol. The Morgan fingerprint density at radius 1 is 1.00 bits per heavy atom. The van der Waals surface area contributed by atoms with Gasteiger partial charge in [0.1, 0.15) is 11.4 Å². The molecule has 0 radical (unpaired) electrons. The lowest BCUT2D eigenvalue weighted by Crippen LogP contribution is -2.11. The highest BCUT2D eigenvalue weighted by atomic mass is 32.2. The van der Waals surface area contributed by atoms with Crippen LogP contribution < -0.4 is 10.0 Å². The summed E-state index contributed by atoms with van der Waals surface area (Å²) in [6.45, 7) is 0. The van der Waals surface area contributed by atoms with Gasteiger partial charge in [0.05, 0.1) is 22.3 Å². The van der Waals surface area contributed by atoms with Gasteiger partial charge < -0.3 is 10.0 Å². The van der Waals surface area contributed by atoms with Gasteiger partial charge in [-0.3, -0.25) is 0 Å². The molecule has 3 aromatic heterocycles. The molecule has 0 aliphatic heterocycles. The van der Waals surface area contributed by atoms with Gasteiger partial charge in [0.2, 0.25) is 20.3 Å². The molecule has 0 atom stereocenters. The first-order valence-electron chi connectivity index (χ1n) is 11.7. The number of thioether (sulfide) groups is 1. The number of azo groups is 3. The maximum atomic E-state index is 11.9. The zero-order chi connectivity index (χ0) is 30.0. The molecule has 0 amide bonds. The molecule has 0 aliphatic rings. The van der Waals surface area contributed by atoms with Crippen LogP contribution in [0.2, 0.25) is 0 Å². The summed E-state index contributed by atoms with van der Waals surface area (Å²) in [5.74, 6) is 0.113. The minimum Gasteiger partial charge on any atom is -0.504 e. The topological polar surface area (TPSA) is 214 Å². The number of aromatic nitrogens is 5. The van der Waals surface area contributed by atoms with E-state index in [-0.39, 0.29) is 27.7 Å². The predicted octanol–water partition coefficient (Wildman–Crippen LogP) is 6.27. The lowest BCUT2D eigenvalue weighted by Gasteiger charge is -2.18. The molecule has 0 aliphatic carbocycles. The van der Waals surface area contributed by atoms with Crippen LogP contribution in [0.4, 0.5) is 38.7 Å². The minimum atomic E-state index is -3.95. The number of aromatic hydroxyl groups is 1. The van der Waals surface area contributed by atoms with Crippen molar-refractivity contribution < 1.29 is 13.5 Å². The molecule has 0 bridgehead atoms. The van der Waals surface area contributed by atoms with Gasteiger partial charge in [-0.15, -0.1) is 30.7 Å². The molecule has 216 valence electrons. The fourth-order valence-electron chi connectivity index (χ4n) is 3.55. The molecule has 2 aromatic carbocycles. The monoisotopic (exact) mass is 643 g/mol. The molecule has 3 N–H and O–H groups in total. The van der Waals surface area contributed by atoms with E-state index < -0.39 is 10.0 Å². The fraction of sp³-hybridized carbons (Fsp3) is 0.182. The van der Waals surface area contributed by atoms with Crippen molar-refractivity contribution in [1.29, 1.82) is 0 Å². The highest BCUT2D eigenvalue weighted by molar-refractivity contribution is 7.98. The zero-order valence-electron chi connectivity index (χ0n) is 22.3. The lowest BCUT2D eigenvalue weighted by atomic mass is 10.1. The average molecular weight is 644 g/mol. The summed E-state index contributed by atoms with van der Waals surface area (Å²) in [5, 5.41) is 47.9. The first-order chi connectivity index (χ1) is 20.0. The highest BCUT2D eigenvalue weighted by Gasteiger charge is 2.21. The first kappa shape index (κ1) is 29.3. The molecule has 42 heavy (non-hydrogen) atoms. The number of benzene rings is 2. The van der Waals surface area contributed by atoms with E-state index in [4.69, 9.17) is 5.14 Å². The van der Waals surface area contributed by atoms with E-state index >= 15 is 0 Å². The number of rotatable bonds is 9. The van der Waals surface area contributed by atoms with Crippen molar-refractivity contribution in [3.05, 3.63) is 36.5 Å². The number of aryl methyl sites for hydroxylation is 1. The standard InChI is InChI=1S/C22H21N13O3S4/c1-34(2)18-14(26-31-21-25-22(39-4)33-41-21)10-15(19(36)17(18)29-28-16-7-8-24-35(16)3)27-30-20-12-9-11(42(23,37)38)5-6-13(12)32-40-20/h5-10,36H,1-4H3,(H2,23,37,38). The van der Waals surface area contributed by atoms with E-state index in [0.29, 0.717) is 37.7 Å². The second-order valence-corrected chi connectivity index (χ2v) is 12.4. The Bertz CT molecular complexity index is 1980. The van der Waals surface area contributed by atoms with Crippen LogP contribution in [-0.4, -0.2) is 57.4 Å². The van der Waals surface area contributed by atoms with Crippen LogP contribution in [0, 0.1) is 0 Å². The Balaban J connectivity index is 1.64. The molecule has 0 unspecified atom stereocenters. The summed E-state index contributed by atoms with van der Waals surface area (Å²) in [5.41, 5.74) is 1.25. The van der Waals surface area contributed by atoms with Gasteiger partial charge in [0, 0.05) is 44.1 Å². The number of nitrogens with zero attached hydrogens (tertiary/aromatic N) is 12. The number of sulfonamides is 1. The molecule has 5 rings (SSSR count). The van der Waals surface area contributed by atoms with Crippen LogP contribution in [-0.2, 0) is 17.1 Å². The minimum absolute atomic E-state index is 0.000256. The van der Waals surface area contributed by atoms with Gasteiger partial charge in [-0.05, 0) is 42.1 Å². The summed E-state index contributed by atoms with van der Waals surface area (Å²) >= 11 is 3.47. The first-order valence-corrected chi connectivity index (χ1v) is 16.0. The number of phenols is 1. The smallest absolute Gasteiger partial charge is 0.250 e. The second-order valence-electron chi connectivity index (χ2n) is 8.54. The maximum absolute atomic E-state index is 11.9. The fourth-order valence-corrected chi connectivity index (χ4v) is 5.83. The largest absolute Gasteiger partial charge is 0.504 e. The van der Waals surface area contributed by atoms with Crippen molar-refractivity contribution in [2.75, 3.05) is 25.3 Å². The third-order valence-corrected chi connectivity index (χ3v) is 8.47. The SMILES string of the molecule is CSc1nsc(N=Nc2cc(N=Nc3snc4ccc(S(N)(=O)=O)cc34)c(O)c(N=Nc3ccnn3C)c2N(C)C)n1. The molecule has 0 fully saturated rings. The van der Waals surface area contributed by atoms with Gasteiger partial charge in [-0.1, -0.05) is 11.8 Å². The van der Waals surface area contributed by atoms with Crippen LogP contribution in [0.1, 0.15) is 0 Å². The van der Waals surface area contributed by atoms with Crippen LogP contribution in [0.25, 0.3) is 10.9 Å². The number of nitrogens with two attached hydrogens (primary N) is 1. The number of hydrogen-bond acceptors (Lipinski definition) is 17. The number of phenolic OH excluding ortho intramolecular Hbond substituents is 1. The molecule has 0 saturated heterocycles. The van der Waals surface area contributed by atoms with E-state index in [0.717, 1.165) is 23.1 Å². The van der Waals surface area contributed by atoms with E-state index in [1.54, 1.807) is 38.3 Å². The highest BCUT2D eigenvalue weighted by Crippen LogP contribution is 2.50. The molecule has 3 heterocycles. The summed E-state index contributed by atoms with van der Waals surface area (Å²) in [4.78, 5) is 5.89. The van der Waals surface area contributed by atoms with Crippen molar-refractivity contribution >= 4 is 94.5 Å². The summed E-state index contributed by atoms with van der Waals surface area (Å²) in [6.07, 6.45) is 3.42. The summed E-state index contributed by atoms with van der Waals surface area (Å²) < 4.78 is 33.7. The van der Waals surface area contributed by atoms with Crippen molar-refractivity contribution in [3.8, 4) is 5.75 Å². The Kier molecular flexibility index (Phi) is 8.31. The Morgan fingerprint density at radius 2 is 1.79 bits per heavy atom. The predicted molar refractivity (Wildman–Crippen MR) is 161 cm³/mol. The van der Waals surface area contributed by atoms with E-state index in [1.165, 1.54) is 40.7 Å². The Hall–Kier alpha value is -4.24. The van der Waals surface area contributed by atoms with Crippen LogP contribution in [0.3, 0.4) is 0 Å². The lowest BCUT2D eigenvalue weighted by molar-refractivity contribution is 0.477. The van der Waals surface area contributed by atoms with Gasteiger partial charge in [0.25, 0.3) is 0 Å². The number of primary sulfonamides is 1. The normalized spacial score (nSPS) is 12.5. The van der Waals surface area contributed by atoms with E-state index in [9.17, 15) is 13.5 Å². The molecule has 5 aromatic rings. The molecule has 0 saturated carbocycles. The molecule has 0 spiro atoms. The number of anilines is 1. The number of hydrogen-bond donors (Lipinski definition) is 2. The molecule has 20 heteroatoms. The van der Waals surface area contributed by atoms with Gasteiger partial charge in [0.15, 0.2) is 22.3 Å². The van der Waals surface area contributed by atoms with Gasteiger partial charge >= 0.3 is 0 Å². The average Bonchev–Trinajstić information content (AvgIpc) is 3.69. The third kappa shape index (κ3) is 6.16. The summed E-state index contributed by atoms with van der Waals surface area (Å²) in [7, 11) is 1.26. The van der Waals surface area contributed by atoms with Crippen LogP contribution in [0.15, 0.2) is 77.3 Å². The van der Waals surface area contributed by atoms with Crippen molar-refractivity contribution in [2.45, 2.75) is 10.1 Å². The Morgan fingerprint density at radius 3 is 2.45 bits per heavy atom. The third-order valence-electron chi connectivity index (χ3n) is 5.53. The zero-order valence-corrected chi connectivity index (χ0v) is 25.6. The summed E-state index contributed by atoms with van der Waals surface area (Å²) in [6, 6.07) is 7.40. The Labute approximate surface area is 251 Å².